The number of carbonyl (C=O) groups excluding carboxylic acids is 1. The highest BCUT2D eigenvalue weighted by Gasteiger charge is 2.12. The van der Waals surface area contributed by atoms with Crippen LogP contribution in [0.1, 0.15) is 24.0 Å². The molecule has 0 aliphatic heterocycles. The van der Waals surface area contributed by atoms with E-state index in [0.717, 1.165) is 34.1 Å². The van der Waals surface area contributed by atoms with Crippen LogP contribution in [-0.2, 0) is 17.6 Å². The maximum absolute atomic E-state index is 12.4. The summed E-state index contributed by atoms with van der Waals surface area (Å²) in [5.74, 6) is 0.613. The van der Waals surface area contributed by atoms with Crippen molar-refractivity contribution in [3.63, 3.8) is 0 Å². The van der Waals surface area contributed by atoms with Crippen molar-refractivity contribution in [3.8, 4) is 5.75 Å². The Labute approximate surface area is 170 Å². The Balaban J connectivity index is 1.38. The summed E-state index contributed by atoms with van der Waals surface area (Å²) in [6.45, 7) is 0.00310. The minimum absolute atomic E-state index is 0.00310. The number of benzene rings is 3. The zero-order valence-electron chi connectivity index (χ0n) is 15.7. The van der Waals surface area contributed by atoms with Crippen LogP contribution in [0.4, 0.5) is 5.69 Å². The van der Waals surface area contributed by atoms with Gasteiger partial charge in [-0.25, -0.2) is 0 Å². The second-order valence-electron chi connectivity index (χ2n) is 6.89. The van der Waals surface area contributed by atoms with Crippen molar-refractivity contribution in [2.24, 2.45) is 0 Å². The normalized spacial score (nSPS) is 12.9. The van der Waals surface area contributed by atoms with Gasteiger partial charge in [0.15, 0.2) is 6.61 Å². The molecule has 0 bridgehead atoms. The van der Waals surface area contributed by atoms with Gasteiger partial charge < -0.3 is 10.1 Å². The van der Waals surface area contributed by atoms with Crippen molar-refractivity contribution in [1.29, 1.82) is 0 Å². The van der Waals surface area contributed by atoms with E-state index in [2.05, 4.69) is 29.6 Å². The first-order valence-corrected chi connectivity index (χ1v) is 10.5. The smallest absolute Gasteiger partial charge is 0.262 e. The predicted octanol–water partition coefficient (Wildman–Crippen LogP) is 5.73. The minimum atomic E-state index is -0.154. The molecule has 0 saturated carbocycles. The van der Waals surface area contributed by atoms with Crippen molar-refractivity contribution < 1.29 is 9.53 Å². The summed E-state index contributed by atoms with van der Waals surface area (Å²) < 4.78 is 5.75. The van der Waals surface area contributed by atoms with Crippen LogP contribution < -0.4 is 10.1 Å². The second-order valence-corrected chi connectivity index (χ2v) is 8.00. The number of para-hydroxylation sites is 1. The number of ether oxygens (including phenoxy) is 1. The van der Waals surface area contributed by atoms with Crippen molar-refractivity contribution >= 4 is 23.4 Å². The summed E-state index contributed by atoms with van der Waals surface area (Å²) in [6, 6.07) is 24.1. The van der Waals surface area contributed by atoms with Gasteiger partial charge in [0.05, 0.1) is 5.69 Å². The molecule has 0 radical (unpaired) electrons. The third-order valence-electron chi connectivity index (χ3n) is 4.82. The van der Waals surface area contributed by atoms with Crippen molar-refractivity contribution in [3.05, 3.63) is 83.9 Å². The maximum Gasteiger partial charge on any atom is 0.262 e. The zero-order chi connectivity index (χ0) is 19.2. The van der Waals surface area contributed by atoms with Crippen LogP contribution >= 0.6 is 11.8 Å². The van der Waals surface area contributed by atoms with E-state index in [9.17, 15) is 4.79 Å². The van der Waals surface area contributed by atoms with Gasteiger partial charge in [0.25, 0.3) is 5.91 Å². The molecule has 1 N–H and O–H groups in total. The molecular formula is C24H23NO2S. The van der Waals surface area contributed by atoms with Crippen molar-refractivity contribution in [1.82, 2.24) is 0 Å². The fourth-order valence-electron chi connectivity index (χ4n) is 3.41. The molecule has 0 atom stereocenters. The molecule has 4 rings (SSSR count). The second kappa shape index (κ2) is 8.98. The number of anilines is 1. The Kier molecular flexibility index (Phi) is 5.98. The van der Waals surface area contributed by atoms with Crippen molar-refractivity contribution in [2.45, 2.75) is 35.5 Å². The highest BCUT2D eigenvalue weighted by Crippen LogP contribution is 2.33. The molecule has 0 fully saturated rings. The summed E-state index contributed by atoms with van der Waals surface area (Å²) in [5, 5.41) is 2.98. The molecule has 1 amide bonds. The molecule has 4 heteroatoms. The van der Waals surface area contributed by atoms with Crippen LogP contribution in [0, 0.1) is 0 Å². The Bertz CT molecular complexity index is 956. The summed E-state index contributed by atoms with van der Waals surface area (Å²) in [7, 11) is 0. The number of amides is 1. The third-order valence-corrected chi connectivity index (χ3v) is 5.91. The first kappa shape index (κ1) is 18.6. The van der Waals surface area contributed by atoms with E-state index in [-0.39, 0.29) is 12.5 Å². The Morgan fingerprint density at radius 3 is 2.50 bits per heavy atom. The topological polar surface area (TPSA) is 38.3 Å². The van der Waals surface area contributed by atoms with Gasteiger partial charge >= 0.3 is 0 Å². The van der Waals surface area contributed by atoms with Crippen LogP contribution in [0.25, 0.3) is 0 Å². The number of aryl methyl sites for hydroxylation is 2. The fraction of sp³-hybridized carbons (Fsp3) is 0.208. The maximum atomic E-state index is 12.4. The van der Waals surface area contributed by atoms with Gasteiger partial charge in [-0.2, -0.15) is 0 Å². The summed E-state index contributed by atoms with van der Waals surface area (Å²) in [4.78, 5) is 14.6. The highest BCUT2D eigenvalue weighted by molar-refractivity contribution is 7.99. The number of rotatable bonds is 6. The Hall–Kier alpha value is -2.72. The van der Waals surface area contributed by atoms with Gasteiger partial charge in [-0.15, -0.1) is 0 Å². The number of carbonyl (C=O) groups is 1. The monoisotopic (exact) mass is 389 g/mol. The van der Waals surface area contributed by atoms with Gasteiger partial charge in [0, 0.05) is 9.79 Å². The van der Waals surface area contributed by atoms with Gasteiger partial charge in [0.2, 0.25) is 0 Å². The lowest BCUT2D eigenvalue weighted by Gasteiger charge is -2.17. The summed E-state index contributed by atoms with van der Waals surface area (Å²) in [6.07, 6.45) is 4.73. The Morgan fingerprint density at radius 2 is 1.64 bits per heavy atom. The van der Waals surface area contributed by atoms with Crippen LogP contribution in [0.15, 0.2) is 82.6 Å². The molecule has 0 aromatic heterocycles. The predicted molar refractivity (Wildman–Crippen MR) is 114 cm³/mol. The molecule has 3 aromatic rings. The fourth-order valence-corrected chi connectivity index (χ4v) is 4.33. The largest absolute Gasteiger partial charge is 0.484 e. The quantitative estimate of drug-likeness (QED) is 0.585. The van der Waals surface area contributed by atoms with Crippen LogP contribution in [-0.4, -0.2) is 12.5 Å². The highest BCUT2D eigenvalue weighted by atomic mass is 32.2. The van der Waals surface area contributed by atoms with Crippen LogP contribution in [0.3, 0.4) is 0 Å². The standard InChI is InChI=1S/C24H23NO2S/c26-24(17-27-20-15-14-18-8-4-5-9-19(18)16-20)25-22-12-6-7-13-23(22)28-21-10-2-1-3-11-21/h1-3,6-7,10-16H,4-5,8-9,17H2,(H,25,26). The lowest BCUT2D eigenvalue weighted by Crippen LogP contribution is -2.20. The number of hydrogen-bond donors (Lipinski definition) is 1. The molecule has 0 spiro atoms. The van der Waals surface area contributed by atoms with Gasteiger partial charge in [0.1, 0.15) is 5.75 Å². The number of nitrogens with one attached hydrogen (secondary N) is 1. The SMILES string of the molecule is O=C(COc1ccc2c(c1)CCCC2)Nc1ccccc1Sc1ccccc1. The molecule has 0 unspecified atom stereocenters. The molecule has 1 aliphatic rings. The summed E-state index contributed by atoms with van der Waals surface area (Å²) >= 11 is 1.63. The lowest BCUT2D eigenvalue weighted by molar-refractivity contribution is -0.118. The van der Waals surface area contributed by atoms with Crippen LogP contribution in [0.5, 0.6) is 5.75 Å². The molecule has 0 heterocycles. The molecular weight excluding hydrogens is 366 g/mol. The van der Waals surface area contributed by atoms with Gasteiger partial charge in [-0.1, -0.05) is 48.2 Å². The van der Waals surface area contributed by atoms with Gasteiger partial charge in [-0.3, -0.25) is 4.79 Å². The first-order valence-electron chi connectivity index (χ1n) is 9.64. The average molecular weight is 390 g/mol. The molecule has 3 nitrogen and oxygen atoms in total. The molecule has 142 valence electrons. The van der Waals surface area contributed by atoms with Crippen LogP contribution in [0.2, 0.25) is 0 Å². The molecule has 3 aromatic carbocycles. The Morgan fingerprint density at radius 1 is 0.893 bits per heavy atom. The number of fused-ring (bicyclic) bond motifs is 1. The minimum Gasteiger partial charge on any atom is -0.484 e. The van der Waals surface area contributed by atoms with E-state index in [0.29, 0.717) is 0 Å². The lowest BCUT2D eigenvalue weighted by atomic mass is 9.92. The number of hydrogen-bond acceptors (Lipinski definition) is 3. The van der Waals surface area contributed by atoms with E-state index in [1.54, 1.807) is 11.8 Å². The van der Waals surface area contributed by atoms with Crippen molar-refractivity contribution in [2.75, 3.05) is 11.9 Å². The summed E-state index contributed by atoms with van der Waals surface area (Å²) in [5.41, 5.74) is 3.57. The van der Waals surface area contributed by atoms with E-state index in [1.807, 2.05) is 48.5 Å². The molecule has 1 aliphatic carbocycles. The third kappa shape index (κ3) is 4.76. The van der Waals surface area contributed by atoms with E-state index in [1.165, 1.54) is 24.0 Å². The van der Waals surface area contributed by atoms with E-state index >= 15 is 0 Å². The zero-order valence-corrected chi connectivity index (χ0v) is 16.5. The average Bonchev–Trinajstić information content (AvgIpc) is 2.74. The molecule has 0 saturated heterocycles. The molecule has 28 heavy (non-hydrogen) atoms. The van der Waals surface area contributed by atoms with Gasteiger partial charge in [-0.05, 0) is 73.2 Å². The van der Waals surface area contributed by atoms with E-state index < -0.39 is 0 Å². The van der Waals surface area contributed by atoms with E-state index in [4.69, 9.17) is 4.74 Å². The first-order chi connectivity index (χ1) is 13.8.